The van der Waals surface area contributed by atoms with Crippen molar-refractivity contribution in [1.29, 1.82) is 0 Å². The van der Waals surface area contributed by atoms with Crippen molar-refractivity contribution in [3.63, 3.8) is 0 Å². The van der Waals surface area contributed by atoms with Crippen LogP contribution in [-0.2, 0) is 11.8 Å². The molecule has 3 rings (SSSR count). The summed E-state index contributed by atoms with van der Waals surface area (Å²) in [6.07, 6.45) is 8.43. The maximum Gasteiger partial charge on any atom is 0.0159 e. The Morgan fingerprint density at radius 1 is 1.07 bits per heavy atom. The van der Waals surface area contributed by atoms with Gasteiger partial charge in [-0.2, -0.15) is 0 Å². The number of hydrogen-bond acceptors (Lipinski definition) is 1. The van der Waals surface area contributed by atoms with Crippen LogP contribution in [0.4, 0.5) is 0 Å². The maximum atomic E-state index is 3.45. The molecule has 2 aliphatic rings. The lowest BCUT2D eigenvalue weighted by Gasteiger charge is -2.39. The summed E-state index contributed by atoms with van der Waals surface area (Å²) in [5.74, 6) is 0. The van der Waals surface area contributed by atoms with E-state index in [4.69, 9.17) is 0 Å². The number of benzene rings is 1. The Bertz CT molecular complexity index is 386. The average Bonchev–Trinajstić information content (AvgIpc) is 2.31. The Morgan fingerprint density at radius 2 is 1.87 bits per heavy atom. The van der Waals surface area contributed by atoms with Gasteiger partial charge in [0.1, 0.15) is 0 Å². The summed E-state index contributed by atoms with van der Waals surface area (Å²) in [6, 6.07) is 8.95. The van der Waals surface area contributed by atoms with Crippen molar-refractivity contribution in [2.75, 3.05) is 13.1 Å². The second-order valence-corrected chi connectivity index (χ2v) is 4.67. The third-order valence-corrected chi connectivity index (χ3v) is 3.82. The minimum Gasteiger partial charge on any atom is -0.317 e. The van der Waals surface area contributed by atoms with E-state index in [0.29, 0.717) is 5.41 Å². The predicted molar refractivity (Wildman–Crippen MR) is 63.1 cm³/mol. The summed E-state index contributed by atoms with van der Waals surface area (Å²) in [5, 5.41) is 3.45. The van der Waals surface area contributed by atoms with E-state index in [1.165, 1.54) is 18.4 Å². The summed E-state index contributed by atoms with van der Waals surface area (Å²) in [5.41, 5.74) is 3.45. The monoisotopic (exact) mass is 199 g/mol. The molecule has 1 saturated heterocycles. The van der Waals surface area contributed by atoms with Crippen molar-refractivity contribution in [2.24, 2.45) is 0 Å². The SMILES string of the molecule is C1=CC2(CCNCC2)c2ccccc2C1. The molecule has 0 saturated carbocycles. The number of fused-ring (bicyclic) bond motifs is 2. The van der Waals surface area contributed by atoms with Gasteiger partial charge >= 0.3 is 0 Å². The second-order valence-electron chi connectivity index (χ2n) is 4.67. The molecule has 0 aromatic heterocycles. The van der Waals surface area contributed by atoms with Gasteiger partial charge in [0.25, 0.3) is 0 Å². The van der Waals surface area contributed by atoms with Crippen LogP contribution in [0, 0.1) is 0 Å². The lowest BCUT2D eigenvalue weighted by molar-refractivity contribution is 0.368. The zero-order chi connectivity index (χ0) is 10.1. The summed E-state index contributed by atoms with van der Waals surface area (Å²) in [4.78, 5) is 0. The third kappa shape index (κ3) is 1.42. The first kappa shape index (κ1) is 9.17. The van der Waals surface area contributed by atoms with Gasteiger partial charge < -0.3 is 5.32 Å². The van der Waals surface area contributed by atoms with Gasteiger partial charge in [-0.3, -0.25) is 0 Å². The van der Waals surface area contributed by atoms with Crippen LogP contribution in [0.1, 0.15) is 24.0 Å². The number of piperidine rings is 1. The largest absolute Gasteiger partial charge is 0.317 e. The molecule has 0 radical (unpaired) electrons. The molecule has 1 aliphatic heterocycles. The molecule has 1 nitrogen and oxygen atoms in total. The van der Waals surface area contributed by atoms with Gasteiger partial charge in [-0.25, -0.2) is 0 Å². The number of nitrogens with one attached hydrogen (secondary N) is 1. The molecule has 78 valence electrons. The molecule has 1 aromatic carbocycles. The average molecular weight is 199 g/mol. The fourth-order valence-corrected chi connectivity index (χ4v) is 2.99. The van der Waals surface area contributed by atoms with E-state index in [1.54, 1.807) is 5.56 Å². The third-order valence-electron chi connectivity index (χ3n) is 3.82. The highest BCUT2D eigenvalue weighted by atomic mass is 14.9. The van der Waals surface area contributed by atoms with E-state index in [2.05, 4.69) is 41.7 Å². The fourth-order valence-electron chi connectivity index (χ4n) is 2.99. The Hall–Kier alpha value is -1.08. The van der Waals surface area contributed by atoms with Crippen molar-refractivity contribution in [1.82, 2.24) is 5.32 Å². The first-order valence-electron chi connectivity index (χ1n) is 5.88. The number of hydrogen-bond donors (Lipinski definition) is 1. The molecular formula is C14H17N. The Morgan fingerprint density at radius 3 is 2.73 bits per heavy atom. The van der Waals surface area contributed by atoms with Crippen LogP contribution >= 0.6 is 0 Å². The van der Waals surface area contributed by atoms with Gasteiger partial charge in [-0.05, 0) is 43.5 Å². The van der Waals surface area contributed by atoms with Gasteiger partial charge in [0.2, 0.25) is 0 Å². The van der Waals surface area contributed by atoms with Gasteiger partial charge in [0.05, 0.1) is 0 Å². The van der Waals surface area contributed by atoms with Crippen LogP contribution < -0.4 is 5.32 Å². The van der Waals surface area contributed by atoms with Crippen LogP contribution in [-0.4, -0.2) is 13.1 Å². The fraction of sp³-hybridized carbons (Fsp3) is 0.429. The highest BCUT2D eigenvalue weighted by Gasteiger charge is 2.34. The molecule has 0 unspecified atom stereocenters. The molecule has 1 heteroatoms. The molecule has 1 N–H and O–H groups in total. The molecule has 15 heavy (non-hydrogen) atoms. The number of allylic oxidation sites excluding steroid dienone is 2. The van der Waals surface area contributed by atoms with Gasteiger partial charge in [-0.1, -0.05) is 36.4 Å². The summed E-state index contributed by atoms with van der Waals surface area (Å²) >= 11 is 0. The van der Waals surface area contributed by atoms with E-state index in [-0.39, 0.29) is 0 Å². The zero-order valence-corrected chi connectivity index (χ0v) is 9.00. The molecule has 0 amide bonds. The summed E-state index contributed by atoms with van der Waals surface area (Å²) < 4.78 is 0. The highest BCUT2D eigenvalue weighted by molar-refractivity contribution is 5.43. The minimum atomic E-state index is 0.347. The molecule has 1 heterocycles. The lowest BCUT2D eigenvalue weighted by atomic mass is 9.69. The first-order valence-corrected chi connectivity index (χ1v) is 5.88. The van der Waals surface area contributed by atoms with Gasteiger partial charge in [0, 0.05) is 5.41 Å². The van der Waals surface area contributed by atoms with Crippen molar-refractivity contribution in [3.05, 3.63) is 47.5 Å². The van der Waals surface area contributed by atoms with Gasteiger partial charge in [0.15, 0.2) is 0 Å². The van der Waals surface area contributed by atoms with Crippen molar-refractivity contribution < 1.29 is 0 Å². The highest BCUT2D eigenvalue weighted by Crippen LogP contribution is 2.39. The molecular weight excluding hydrogens is 182 g/mol. The minimum absolute atomic E-state index is 0.347. The standard InChI is InChI=1S/C14H17N/c1-2-6-13-12(4-1)5-3-7-14(13)8-10-15-11-9-14/h1-4,6-7,15H,5,8-11H2. The normalized spacial score (nSPS) is 22.7. The topological polar surface area (TPSA) is 12.0 Å². The quantitative estimate of drug-likeness (QED) is 0.633. The van der Waals surface area contributed by atoms with Crippen LogP contribution in [0.2, 0.25) is 0 Å². The molecule has 1 aliphatic carbocycles. The van der Waals surface area contributed by atoms with Crippen molar-refractivity contribution >= 4 is 0 Å². The van der Waals surface area contributed by atoms with E-state index >= 15 is 0 Å². The number of rotatable bonds is 0. The lowest BCUT2D eigenvalue weighted by Crippen LogP contribution is -2.40. The van der Waals surface area contributed by atoms with E-state index < -0.39 is 0 Å². The molecule has 0 atom stereocenters. The zero-order valence-electron chi connectivity index (χ0n) is 9.00. The smallest absolute Gasteiger partial charge is 0.0159 e. The summed E-state index contributed by atoms with van der Waals surface area (Å²) in [6.45, 7) is 2.30. The molecule has 1 spiro atoms. The van der Waals surface area contributed by atoms with Crippen LogP contribution in [0.5, 0.6) is 0 Å². The Labute approximate surface area is 91.2 Å². The van der Waals surface area contributed by atoms with E-state index in [9.17, 15) is 0 Å². The van der Waals surface area contributed by atoms with Crippen molar-refractivity contribution in [3.8, 4) is 0 Å². The first-order chi connectivity index (χ1) is 7.41. The Kier molecular flexibility index (Phi) is 2.14. The van der Waals surface area contributed by atoms with Crippen LogP contribution in [0.25, 0.3) is 0 Å². The molecule has 1 fully saturated rings. The Balaban J connectivity index is 2.08. The van der Waals surface area contributed by atoms with Crippen LogP contribution in [0.15, 0.2) is 36.4 Å². The van der Waals surface area contributed by atoms with E-state index in [0.717, 1.165) is 19.5 Å². The molecule has 0 bridgehead atoms. The second kappa shape index (κ2) is 3.49. The summed E-state index contributed by atoms with van der Waals surface area (Å²) in [7, 11) is 0. The predicted octanol–water partition coefficient (Wildman–Crippen LogP) is 2.42. The van der Waals surface area contributed by atoms with E-state index in [1.807, 2.05) is 0 Å². The van der Waals surface area contributed by atoms with Crippen LogP contribution in [0.3, 0.4) is 0 Å². The van der Waals surface area contributed by atoms with Gasteiger partial charge in [-0.15, -0.1) is 0 Å². The maximum absolute atomic E-state index is 3.45. The molecule has 1 aromatic rings. The van der Waals surface area contributed by atoms with Crippen molar-refractivity contribution in [2.45, 2.75) is 24.7 Å².